The second-order valence-corrected chi connectivity index (χ2v) is 5.86. The highest BCUT2D eigenvalue weighted by molar-refractivity contribution is 7.31. The molecular weight excluding hydrogens is 330 g/mol. The van der Waals surface area contributed by atoms with E-state index in [1.165, 1.54) is 23.9 Å². The Labute approximate surface area is 131 Å². The van der Waals surface area contributed by atoms with Crippen LogP contribution in [0, 0.1) is 0 Å². The molecule has 1 aliphatic rings. The van der Waals surface area contributed by atoms with Crippen molar-refractivity contribution in [1.82, 2.24) is 9.55 Å². The summed E-state index contributed by atoms with van der Waals surface area (Å²) in [5.41, 5.74) is -0.556. The van der Waals surface area contributed by atoms with Crippen molar-refractivity contribution in [1.29, 1.82) is 0 Å². The molecule has 10 heteroatoms. The van der Waals surface area contributed by atoms with Gasteiger partial charge in [-0.3, -0.25) is 4.57 Å². The molecule has 1 fully saturated rings. The minimum Gasteiger partial charge on any atom is -0.481 e. The van der Waals surface area contributed by atoms with E-state index in [1.54, 1.807) is 0 Å². The Balaban J connectivity index is 2.22. The van der Waals surface area contributed by atoms with E-state index in [0.29, 0.717) is 15.4 Å². The molecule has 1 N–H and O–H groups in total. The maximum atomic E-state index is 12.0. The van der Waals surface area contributed by atoms with Gasteiger partial charge < -0.3 is 23.6 Å². The third-order valence-corrected chi connectivity index (χ3v) is 4.21. The Morgan fingerprint density at radius 2 is 2.23 bits per heavy atom. The van der Waals surface area contributed by atoms with Crippen LogP contribution in [0.1, 0.15) is 6.23 Å². The molecule has 1 aromatic heterocycles. The molecule has 0 aromatic carbocycles. The molecule has 1 aliphatic heterocycles. The molecule has 0 radical (unpaired) electrons. The second kappa shape index (κ2) is 8.29. The Morgan fingerprint density at radius 1 is 1.45 bits per heavy atom. The van der Waals surface area contributed by atoms with Gasteiger partial charge in [-0.2, -0.15) is 4.98 Å². The first kappa shape index (κ1) is 17.7. The summed E-state index contributed by atoms with van der Waals surface area (Å²) < 4.78 is 22.9. The van der Waals surface area contributed by atoms with Crippen LogP contribution in [0.25, 0.3) is 0 Å². The molecule has 0 spiro atoms. The lowest BCUT2D eigenvalue weighted by atomic mass is 10.1. The Kier molecular flexibility index (Phi) is 6.68. The molecule has 124 valence electrons. The lowest BCUT2D eigenvalue weighted by molar-refractivity contribution is -0.0497. The highest BCUT2D eigenvalue weighted by atomic mass is 31.1. The van der Waals surface area contributed by atoms with E-state index in [4.69, 9.17) is 18.5 Å². The molecular formula is C12H20N2O6P2. The average Bonchev–Trinajstić information content (AvgIpc) is 2.82. The third-order valence-electron chi connectivity index (χ3n) is 3.24. The molecule has 1 saturated heterocycles. The minimum absolute atomic E-state index is 0.195. The maximum absolute atomic E-state index is 12.0. The van der Waals surface area contributed by atoms with Crippen LogP contribution in [0.3, 0.4) is 0 Å². The summed E-state index contributed by atoms with van der Waals surface area (Å²) in [5, 5.41) is 10.4. The fraction of sp³-hybridized carbons (Fsp3) is 0.667. The summed E-state index contributed by atoms with van der Waals surface area (Å²) in [4.78, 5) is 15.8. The zero-order chi connectivity index (χ0) is 16.1. The van der Waals surface area contributed by atoms with Crippen molar-refractivity contribution < 1.29 is 23.6 Å². The fourth-order valence-electron chi connectivity index (χ4n) is 2.24. The predicted molar refractivity (Wildman–Crippen MR) is 84.3 cm³/mol. The number of rotatable bonds is 7. The summed E-state index contributed by atoms with van der Waals surface area (Å²) in [5.74, 6) is 0.212. The number of hydrogen-bond donors (Lipinski definition) is 1. The van der Waals surface area contributed by atoms with Gasteiger partial charge in [0.2, 0.25) is 5.88 Å². The quantitative estimate of drug-likeness (QED) is 0.710. The van der Waals surface area contributed by atoms with Crippen LogP contribution in [0.2, 0.25) is 0 Å². The summed E-state index contributed by atoms with van der Waals surface area (Å²) in [6.45, 7) is 4.06. The standard InChI is InChI=1S/C12H20N2O6P2/c1-17-8-4-5-14(12(16)13-8)11-9(15)10(20-22-3)7(19-11)6-18-21-2/h4-5,7,9-11,15,21-22H,6H2,1-3H3/t7-,9?,10?,11-/m1/s1. The van der Waals surface area contributed by atoms with Gasteiger partial charge in [0, 0.05) is 29.9 Å². The zero-order valence-electron chi connectivity index (χ0n) is 12.6. The van der Waals surface area contributed by atoms with Gasteiger partial charge in [-0.05, 0) is 13.3 Å². The Hall–Kier alpha value is -0.620. The van der Waals surface area contributed by atoms with Gasteiger partial charge in [-0.1, -0.05) is 0 Å². The molecule has 0 amide bonds. The molecule has 0 saturated carbocycles. The molecule has 22 heavy (non-hydrogen) atoms. The topological polar surface area (TPSA) is 92.0 Å². The summed E-state index contributed by atoms with van der Waals surface area (Å²) in [6.07, 6.45) is -1.33. The fourth-order valence-corrected chi connectivity index (χ4v) is 3.13. The highest BCUT2D eigenvalue weighted by Gasteiger charge is 2.45. The Bertz CT molecular complexity index is 543. The third kappa shape index (κ3) is 3.82. The normalized spacial score (nSPS) is 29.1. The minimum atomic E-state index is -0.978. The predicted octanol–water partition coefficient (Wildman–Crippen LogP) is 0.359. The smallest absolute Gasteiger partial charge is 0.353 e. The van der Waals surface area contributed by atoms with Crippen LogP contribution < -0.4 is 10.4 Å². The van der Waals surface area contributed by atoms with E-state index in [9.17, 15) is 9.90 Å². The van der Waals surface area contributed by atoms with Crippen molar-refractivity contribution in [3.63, 3.8) is 0 Å². The molecule has 8 nitrogen and oxygen atoms in total. The van der Waals surface area contributed by atoms with Crippen LogP contribution in [0.4, 0.5) is 0 Å². The van der Waals surface area contributed by atoms with E-state index >= 15 is 0 Å². The number of nitrogens with zero attached hydrogens (tertiary/aromatic N) is 2. The molecule has 0 bridgehead atoms. The van der Waals surface area contributed by atoms with Crippen LogP contribution in [-0.2, 0) is 13.8 Å². The molecule has 4 unspecified atom stereocenters. The Morgan fingerprint density at radius 3 is 2.82 bits per heavy atom. The largest absolute Gasteiger partial charge is 0.481 e. The van der Waals surface area contributed by atoms with E-state index in [-0.39, 0.29) is 14.7 Å². The van der Waals surface area contributed by atoms with Crippen molar-refractivity contribution in [2.75, 3.05) is 27.0 Å². The van der Waals surface area contributed by atoms with Crippen LogP contribution >= 0.6 is 17.6 Å². The van der Waals surface area contributed by atoms with Gasteiger partial charge in [0.25, 0.3) is 0 Å². The van der Waals surface area contributed by atoms with Gasteiger partial charge in [0.1, 0.15) is 18.3 Å². The van der Waals surface area contributed by atoms with Crippen LogP contribution in [0.5, 0.6) is 5.88 Å². The van der Waals surface area contributed by atoms with Crippen molar-refractivity contribution in [2.45, 2.75) is 24.5 Å². The number of aromatic nitrogens is 2. The average molecular weight is 350 g/mol. The van der Waals surface area contributed by atoms with Crippen molar-refractivity contribution in [2.24, 2.45) is 0 Å². The second-order valence-electron chi connectivity index (χ2n) is 4.52. The van der Waals surface area contributed by atoms with Gasteiger partial charge >= 0.3 is 5.69 Å². The number of ether oxygens (including phenoxy) is 2. The molecule has 2 rings (SSSR count). The molecule has 1 aromatic rings. The van der Waals surface area contributed by atoms with Crippen LogP contribution in [0.15, 0.2) is 17.1 Å². The molecule has 6 atom stereocenters. The van der Waals surface area contributed by atoms with E-state index in [0.717, 1.165) is 0 Å². The number of aliphatic hydroxyl groups is 1. The van der Waals surface area contributed by atoms with Crippen molar-refractivity contribution >= 4 is 17.6 Å². The maximum Gasteiger partial charge on any atom is 0.353 e. The first-order valence-electron chi connectivity index (χ1n) is 6.70. The monoisotopic (exact) mass is 350 g/mol. The van der Waals surface area contributed by atoms with Gasteiger partial charge in [-0.25, -0.2) is 4.79 Å². The first-order chi connectivity index (χ1) is 10.6. The van der Waals surface area contributed by atoms with Crippen molar-refractivity contribution in [3.05, 3.63) is 22.7 Å². The number of methoxy groups -OCH3 is 1. The summed E-state index contributed by atoms with van der Waals surface area (Å²) in [7, 11) is 1.93. The van der Waals surface area contributed by atoms with Gasteiger partial charge in [0.05, 0.1) is 13.7 Å². The molecule has 0 aliphatic carbocycles. The number of aliphatic hydroxyl groups excluding tert-OH is 1. The van der Waals surface area contributed by atoms with Gasteiger partial charge in [0.15, 0.2) is 6.23 Å². The van der Waals surface area contributed by atoms with Gasteiger partial charge in [-0.15, -0.1) is 0 Å². The van der Waals surface area contributed by atoms with Crippen LogP contribution in [-0.4, -0.2) is 60.0 Å². The SMILES string of the molecule is COc1ccn([C@@H]2O[C@H](COPC)C(OPC)C2O)c(=O)n1. The van der Waals surface area contributed by atoms with E-state index in [2.05, 4.69) is 4.98 Å². The van der Waals surface area contributed by atoms with E-state index < -0.39 is 30.2 Å². The summed E-state index contributed by atoms with van der Waals surface area (Å²) in [6, 6.07) is 1.53. The number of hydrogen-bond acceptors (Lipinski definition) is 7. The highest BCUT2D eigenvalue weighted by Crippen LogP contribution is 2.34. The molecule has 2 heterocycles. The van der Waals surface area contributed by atoms with E-state index in [1.807, 2.05) is 13.3 Å². The lowest BCUT2D eigenvalue weighted by Crippen LogP contribution is -2.36. The lowest BCUT2D eigenvalue weighted by Gasteiger charge is -2.19. The van der Waals surface area contributed by atoms with Crippen molar-refractivity contribution in [3.8, 4) is 5.88 Å². The zero-order valence-corrected chi connectivity index (χ0v) is 14.6. The summed E-state index contributed by atoms with van der Waals surface area (Å²) >= 11 is 0. The first-order valence-corrected chi connectivity index (χ1v) is 9.51.